The maximum Gasteiger partial charge on any atom is 0.407 e. The summed E-state index contributed by atoms with van der Waals surface area (Å²) in [7, 11) is 0. The summed E-state index contributed by atoms with van der Waals surface area (Å²) >= 11 is 0. The molecule has 3 unspecified atom stereocenters. The van der Waals surface area contributed by atoms with Crippen LogP contribution in [-0.4, -0.2) is 53.5 Å². The predicted molar refractivity (Wildman–Crippen MR) is 125 cm³/mol. The Hall–Kier alpha value is -3.39. The Morgan fingerprint density at radius 2 is 1.71 bits per heavy atom. The van der Waals surface area contributed by atoms with Crippen molar-refractivity contribution < 1.29 is 29.3 Å². The Morgan fingerprint density at radius 1 is 1.09 bits per heavy atom. The lowest BCUT2D eigenvalue weighted by Gasteiger charge is -2.31. The molecule has 0 bridgehead atoms. The molecule has 8 heteroatoms. The van der Waals surface area contributed by atoms with Gasteiger partial charge in [0, 0.05) is 25.0 Å². The van der Waals surface area contributed by atoms with Crippen LogP contribution in [0, 0.1) is 5.41 Å². The number of aliphatic hydroxyl groups is 1. The maximum absolute atomic E-state index is 12.9. The summed E-state index contributed by atoms with van der Waals surface area (Å²) in [5, 5.41) is 23.7. The molecule has 2 aromatic carbocycles. The van der Waals surface area contributed by atoms with Gasteiger partial charge < -0.3 is 25.6 Å². The van der Waals surface area contributed by atoms with Gasteiger partial charge >= 0.3 is 12.1 Å². The Labute approximate surface area is 198 Å². The molecule has 4 rings (SSSR count). The van der Waals surface area contributed by atoms with Crippen molar-refractivity contribution in [1.29, 1.82) is 0 Å². The third kappa shape index (κ3) is 4.50. The number of fused-ring (bicyclic) bond motifs is 3. The van der Waals surface area contributed by atoms with Crippen LogP contribution in [-0.2, 0) is 14.3 Å². The second-order valence-electron chi connectivity index (χ2n) is 9.21. The Bertz CT molecular complexity index is 1040. The normalized spacial score (nSPS) is 21.9. The van der Waals surface area contributed by atoms with Crippen LogP contribution in [0.3, 0.4) is 0 Å². The van der Waals surface area contributed by atoms with Crippen LogP contribution in [0.1, 0.15) is 49.7 Å². The van der Waals surface area contributed by atoms with Crippen LogP contribution in [0.2, 0.25) is 0 Å². The molecule has 0 saturated heterocycles. The number of aliphatic hydroxyl groups excluding tert-OH is 1. The highest BCUT2D eigenvalue weighted by Gasteiger charge is 2.47. The number of amides is 2. The monoisotopic (exact) mass is 466 g/mol. The van der Waals surface area contributed by atoms with Gasteiger partial charge in [-0.05, 0) is 42.0 Å². The molecule has 1 saturated carbocycles. The van der Waals surface area contributed by atoms with Gasteiger partial charge in [0.15, 0.2) is 0 Å². The van der Waals surface area contributed by atoms with Crippen LogP contribution in [0.5, 0.6) is 0 Å². The van der Waals surface area contributed by atoms with Gasteiger partial charge in [0.2, 0.25) is 5.91 Å². The van der Waals surface area contributed by atoms with Gasteiger partial charge in [-0.1, -0.05) is 55.0 Å². The van der Waals surface area contributed by atoms with Gasteiger partial charge in [-0.15, -0.1) is 0 Å². The average molecular weight is 467 g/mol. The van der Waals surface area contributed by atoms with Crippen molar-refractivity contribution in [3.05, 3.63) is 59.7 Å². The molecule has 0 heterocycles. The SMILES string of the molecule is CC1(C(=O)NC(CCO)C(=O)O)CCCC1NC(=O)OCC1c2ccccc2-c2ccccc21. The Kier molecular flexibility index (Phi) is 6.88. The predicted octanol–water partition coefficient (Wildman–Crippen LogP) is 3.04. The van der Waals surface area contributed by atoms with Crippen molar-refractivity contribution in [1.82, 2.24) is 10.6 Å². The minimum atomic E-state index is -1.20. The van der Waals surface area contributed by atoms with Crippen molar-refractivity contribution >= 4 is 18.0 Å². The number of rotatable bonds is 8. The molecular weight excluding hydrogens is 436 g/mol. The van der Waals surface area contributed by atoms with Crippen LogP contribution < -0.4 is 10.6 Å². The molecule has 0 radical (unpaired) electrons. The number of carbonyl (C=O) groups excluding carboxylic acids is 2. The summed E-state index contributed by atoms with van der Waals surface area (Å²) in [5.41, 5.74) is 3.55. The quantitative estimate of drug-likeness (QED) is 0.474. The van der Waals surface area contributed by atoms with Crippen molar-refractivity contribution in [2.24, 2.45) is 5.41 Å². The number of carboxylic acid groups (broad SMARTS) is 1. The van der Waals surface area contributed by atoms with E-state index in [1.165, 1.54) is 0 Å². The number of aliphatic carboxylic acids is 1. The first-order valence-electron chi connectivity index (χ1n) is 11.6. The summed E-state index contributed by atoms with van der Waals surface area (Å²) in [6, 6.07) is 14.5. The molecule has 0 spiro atoms. The smallest absolute Gasteiger partial charge is 0.407 e. The van der Waals surface area contributed by atoms with E-state index in [0.717, 1.165) is 28.7 Å². The highest BCUT2D eigenvalue weighted by atomic mass is 16.5. The van der Waals surface area contributed by atoms with Gasteiger partial charge in [0.05, 0.1) is 5.41 Å². The molecule has 8 nitrogen and oxygen atoms in total. The van der Waals surface area contributed by atoms with E-state index in [1.54, 1.807) is 6.92 Å². The lowest BCUT2D eigenvalue weighted by Crippen LogP contribution is -2.54. The minimum Gasteiger partial charge on any atom is -0.480 e. The lowest BCUT2D eigenvalue weighted by molar-refractivity contribution is -0.144. The molecule has 34 heavy (non-hydrogen) atoms. The second kappa shape index (κ2) is 9.85. The number of alkyl carbamates (subject to hydrolysis) is 1. The molecule has 180 valence electrons. The third-order valence-electron chi connectivity index (χ3n) is 7.13. The van der Waals surface area contributed by atoms with E-state index >= 15 is 0 Å². The van der Waals surface area contributed by atoms with E-state index in [2.05, 4.69) is 22.8 Å². The van der Waals surface area contributed by atoms with Gasteiger partial charge in [0.1, 0.15) is 12.6 Å². The summed E-state index contributed by atoms with van der Waals surface area (Å²) in [6.07, 6.45) is 1.14. The summed E-state index contributed by atoms with van der Waals surface area (Å²) in [6.45, 7) is 1.55. The summed E-state index contributed by atoms with van der Waals surface area (Å²) in [4.78, 5) is 37.0. The standard InChI is InChI=1S/C26H30N2O6/c1-26(24(32)27-21(12-14-29)23(30)31)13-6-11-22(26)28-25(33)34-15-20-18-9-4-2-7-16(18)17-8-3-5-10-19(17)20/h2-5,7-10,20-22,29H,6,11-15H2,1H3,(H,27,32)(H,28,33)(H,30,31). The van der Waals surface area contributed by atoms with Gasteiger partial charge in [-0.25, -0.2) is 9.59 Å². The molecule has 2 amide bonds. The summed E-state index contributed by atoms with van der Waals surface area (Å²) in [5.74, 6) is -1.72. The summed E-state index contributed by atoms with van der Waals surface area (Å²) < 4.78 is 5.62. The second-order valence-corrected chi connectivity index (χ2v) is 9.21. The number of hydrogen-bond acceptors (Lipinski definition) is 5. The van der Waals surface area contributed by atoms with Crippen LogP contribution in [0.4, 0.5) is 4.79 Å². The number of carbonyl (C=O) groups is 3. The van der Waals surface area contributed by atoms with E-state index in [9.17, 15) is 19.5 Å². The first-order chi connectivity index (χ1) is 16.3. The minimum absolute atomic E-state index is 0.0637. The van der Waals surface area contributed by atoms with Gasteiger partial charge in [-0.2, -0.15) is 0 Å². The Morgan fingerprint density at radius 3 is 2.29 bits per heavy atom. The maximum atomic E-state index is 12.9. The fourth-order valence-electron chi connectivity index (χ4n) is 5.16. The number of benzene rings is 2. The largest absolute Gasteiger partial charge is 0.480 e. The molecule has 0 aromatic heterocycles. The van der Waals surface area contributed by atoms with Crippen LogP contribution in [0.15, 0.2) is 48.5 Å². The fourth-order valence-corrected chi connectivity index (χ4v) is 5.16. The number of ether oxygens (including phenoxy) is 1. The molecule has 3 atom stereocenters. The number of carboxylic acids is 1. The topological polar surface area (TPSA) is 125 Å². The van der Waals surface area contributed by atoms with Crippen molar-refractivity contribution in [2.45, 2.75) is 50.6 Å². The molecule has 4 N–H and O–H groups in total. The Balaban J connectivity index is 1.40. The zero-order valence-corrected chi connectivity index (χ0v) is 19.1. The number of nitrogens with one attached hydrogen (secondary N) is 2. The van der Waals surface area contributed by atoms with E-state index in [-0.39, 0.29) is 25.6 Å². The highest BCUT2D eigenvalue weighted by Crippen LogP contribution is 2.44. The van der Waals surface area contributed by atoms with Crippen molar-refractivity contribution in [3.63, 3.8) is 0 Å². The zero-order chi connectivity index (χ0) is 24.3. The molecular formula is C26H30N2O6. The zero-order valence-electron chi connectivity index (χ0n) is 19.1. The van der Waals surface area contributed by atoms with Crippen LogP contribution >= 0.6 is 0 Å². The molecule has 2 aromatic rings. The van der Waals surface area contributed by atoms with E-state index in [4.69, 9.17) is 9.84 Å². The van der Waals surface area contributed by atoms with E-state index in [0.29, 0.717) is 12.8 Å². The van der Waals surface area contributed by atoms with Crippen molar-refractivity contribution in [3.8, 4) is 11.1 Å². The first kappa shape index (κ1) is 23.8. The van der Waals surface area contributed by atoms with Gasteiger partial charge in [0.25, 0.3) is 0 Å². The van der Waals surface area contributed by atoms with E-state index < -0.39 is 35.5 Å². The fraction of sp³-hybridized carbons (Fsp3) is 0.423. The van der Waals surface area contributed by atoms with Crippen molar-refractivity contribution in [2.75, 3.05) is 13.2 Å². The van der Waals surface area contributed by atoms with Crippen LogP contribution in [0.25, 0.3) is 11.1 Å². The molecule has 2 aliphatic carbocycles. The third-order valence-corrected chi connectivity index (χ3v) is 7.13. The van der Waals surface area contributed by atoms with E-state index in [1.807, 2.05) is 36.4 Å². The molecule has 0 aliphatic heterocycles. The molecule has 2 aliphatic rings. The average Bonchev–Trinajstić information content (AvgIpc) is 3.36. The molecule has 1 fully saturated rings. The number of hydrogen-bond donors (Lipinski definition) is 4. The van der Waals surface area contributed by atoms with Gasteiger partial charge in [-0.3, -0.25) is 4.79 Å². The highest BCUT2D eigenvalue weighted by molar-refractivity contribution is 5.88. The lowest BCUT2D eigenvalue weighted by atomic mass is 9.83. The first-order valence-corrected chi connectivity index (χ1v) is 11.6.